The van der Waals surface area contributed by atoms with E-state index in [-0.39, 0.29) is 5.69 Å². The lowest BCUT2D eigenvalue weighted by atomic mass is 10.2. The molecule has 1 aromatic carbocycles. The summed E-state index contributed by atoms with van der Waals surface area (Å²) in [5.74, 6) is -0.463. The standard InChI is InChI=1S/C9H7FN2/c10-8-6-7(2-1-5-11)3-4-9(8)12/h1-4,6H,12H2. The first-order valence-corrected chi connectivity index (χ1v) is 3.35. The fraction of sp³-hybridized carbons (Fsp3) is 0. The number of hydrogen-bond donors (Lipinski definition) is 1. The van der Waals surface area contributed by atoms with Crippen LogP contribution in [0.2, 0.25) is 0 Å². The number of rotatable bonds is 1. The van der Waals surface area contributed by atoms with Crippen LogP contribution < -0.4 is 5.73 Å². The van der Waals surface area contributed by atoms with E-state index in [1.165, 1.54) is 24.3 Å². The summed E-state index contributed by atoms with van der Waals surface area (Å²) in [6.45, 7) is 0. The second kappa shape index (κ2) is 3.54. The summed E-state index contributed by atoms with van der Waals surface area (Å²) in [7, 11) is 0. The Morgan fingerprint density at radius 1 is 1.50 bits per heavy atom. The molecule has 60 valence electrons. The van der Waals surface area contributed by atoms with Crippen LogP contribution in [-0.2, 0) is 0 Å². The Hall–Kier alpha value is -1.82. The normalized spacial score (nSPS) is 10.0. The summed E-state index contributed by atoms with van der Waals surface area (Å²) in [4.78, 5) is 0. The van der Waals surface area contributed by atoms with Gasteiger partial charge in [-0.05, 0) is 23.8 Å². The SMILES string of the molecule is N#CC=Cc1ccc(N)c(F)c1. The van der Waals surface area contributed by atoms with Crippen LogP contribution in [0.3, 0.4) is 0 Å². The van der Waals surface area contributed by atoms with Gasteiger partial charge in [0, 0.05) is 6.08 Å². The fourth-order valence-electron chi connectivity index (χ4n) is 0.781. The fourth-order valence-corrected chi connectivity index (χ4v) is 0.781. The highest BCUT2D eigenvalue weighted by atomic mass is 19.1. The van der Waals surface area contributed by atoms with Crippen molar-refractivity contribution < 1.29 is 4.39 Å². The first-order valence-electron chi connectivity index (χ1n) is 3.35. The summed E-state index contributed by atoms with van der Waals surface area (Å²) in [6.07, 6.45) is 2.80. The molecule has 2 nitrogen and oxygen atoms in total. The number of nitrogens with two attached hydrogens (primary N) is 1. The van der Waals surface area contributed by atoms with Crippen molar-refractivity contribution in [3.8, 4) is 6.07 Å². The van der Waals surface area contributed by atoms with Crippen LogP contribution in [0.15, 0.2) is 24.3 Å². The van der Waals surface area contributed by atoms with Crippen molar-refractivity contribution in [2.45, 2.75) is 0 Å². The quantitative estimate of drug-likeness (QED) is 0.506. The predicted octanol–water partition coefficient (Wildman–Crippen LogP) is 1.94. The monoisotopic (exact) mass is 162 g/mol. The molecule has 0 spiro atoms. The van der Waals surface area contributed by atoms with Crippen LogP contribution in [0.25, 0.3) is 6.08 Å². The molecule has 12 heavy (non-hydrogen) atoms. The first-order chi connectivity index (χ1) is 5.74. The van der Waals surface area contributed by atoms with Crippen LogP contribution in [0, 0.1) is 17.1 Å². The van der Waals surface area contributed by atoms with Gasteiger partial charge in [-0.2, -0.15) is 5.26 Å². The molecule has 3 heteroatoms. The third-order valence-corrected chi connectivity index (χ3v) is 1.37. The van der Waals surface area contributed by atoms with Crippen molar-refractivity contribution in [1.82, 2.24) is 0 Å². The molecule has 0 atom stereocenters. The van der Waals surface area contributed by atoms with Crippen molar-refractivity contribution in [2.24, 2.45) is 0 Å². The average Bonchev–Trinajstić information content (AvgIpc) is 2.07. The van der Waals surface area contributed by atoms with E-state index in [1.54, 1.807) is 6.07 Å². The molecule has 0 saturated heterocycles. The number of benzene rings is 1. The summed E-state index contributed by atoms with van der Waals surface area (Å²) in [5, 5.41) is 8.20. The minimum atomic E-state index is -0.463. The third-order valence-electron chi connectivity index (χ3n) is 1.37. The Balaban J connectivity index is 2.99. The maximum atomic E-state index is 12.8. The van der Waals surface area contributed by atoms with Crippen molar-refractivity contribution in [1.29, 1.82) is 5.26 Å². The van der Waals surface area contributed by atoms with Crippen LogP contribution in [0.1, 0.15) is 5.56 Å². The van der Waals surface area contributed by atoms with Gasteiger partial charge in [-0.3, -0.25) is 0 Å². The molecule has 0 aliphatic heterocycles. The van der Waals surface area contributed by atoms with E-state index in [1.807, 2.05) is 6.07 Å². The first kappa shape index (κ1) is 8.28. The summed E-state index contributed by atoms with van der Waals surface area (Å²) < 4.78 is 12.8. The second-order valence-corrected chi connectivity index (χ2v) is 2.24. The van der Waals surface area contributed by atoms with Gasteiger partial charge in [-0.15, -0.1) is 0 Å². The highest BCUT2D eigenvalue weighted by molar-refractivity contribution is 5.55. The van der Waals surface area contributed by atoms with Gasteiger partial charge in [0.25, 0.3) is 0 Å². The van der Waals surface area contributed by atoms with Gasteiger partial charge in [0.2, 0.25) is 0 Å². The lowest BCUT2D eigenvalue weighted by Crippen LogP contribution is -1.89. The molecular weight excluding hydrogens is 155 g/mol. The largest absolute Gasteiger partial charge is 0.396 e. The Labute approximate surface area is 69.7 Å². The van der Waals surface area contributed by atoms with E-state index in [0.717, 1.165) is 0 Å². The Morgan fingerprint density at radius 2 is 2.25 bits per heavy atom. The van der Waals surface area contributed by atoms with Crippen molar-refractivity contribution in [3.05, 3.63) is 35.7 Å². The van der Waals surface area contributed by atoms with E-state index >= 15 is 0 Å². The van der Waals surface area contributed by atoms with Crippen molar-refractivity contribution in [3.63, 3.8) is 0 Å². The smallest absolute Gasteiger partial charge is 0.146 e. The van der Waals surface area contributed by atoms with E-state index in [0.29, 0.717) is 5.56 Å². The highest BCUT2D eigenvalue weighted by Crippen LogP contribution is 2.12. The van der Waals surface area contributed by atoms with Gasteiger partial charge < -0.3 is 5.73 Å². The predicted molar refractivity (Wildman–Crippen MR) is 45.5 cm³/mol. The second-order valence-electron chi connectivity index (χ2n) is 2.24. The van der Waals surface area contributed by atoms with Crippen LogP contribution in [-0.4, -0.2) is 0 Å². The molecule has 0 saturated carbocycles. The van der Waals surface area contributed by atoms with Crippen LogP contribution >= 0.6 is 0 Å². The Morgan fingerprint density at radius 3 is 2.83 bits per heavy atom. The molecular formula is C9H7FN2. The number of nitrogen functional groups attached to an aromatic ring is 1. The molecule has 0 aliphatic carbocycles. The van der Waals surface area contributed by atoms with Gasteiger partial charge in [0.15, 0.2) is 0 Å². The minimum absolute atomic E-state index is 0.115. The number of nitriles is 1. The number of halogens is 1. The molecule has 0 heterocycles. The topological polar surface area (TPSA) is 49.8 Å². The lowest BCUT2D eigenvalue weighted by Gasteiger charge is -1.96. The highest BCUT2D eigenvalue weighted by Gasteiger charge is 1.96. The van der Waals surface area contributed by atoms with E-state index in [2.05, 4.69) is 0 Å². The summed E-state index contributed by atoms with van der Waals surface area (Å²) >= 11 is 0. The number of allylic oxidation sites excluding steroid dienone is 1. The van der Waals surface area contributed by atoms with Crippen molar-refractivity contribution >= 4 is 11.8 Å². The Bertz CT molecular complexity index is 350. The molecule has 1 rings (SSSR count). The van der Waals surface area contributed by atoms with Crippen molar-refractivity contribution in [2.75, 3.05) is 5.73 Å². The molecule has 0 unspecified atom stereocenters. The zero-order valence-corrected chi connectivity index (χ0v) is 6.29. The number of nitrogens with zero attached hydrogens (tertiary/aromatic N) is 1. The molecule has 0 amide bonds. The Kier molecular flexibility index (Phi) is 2.44. The van der Waals surface area contributed by atoms with Crippen LogP contribution in [0.4, 0.5) is 10.1 Å². The van der Waals surface area contributed by atoms with E-state index in [9.17, 15) is 4.39 Å². The molecule has 1 aromatic rings. The molecule has 2 N–H and O–H groups in total. The van der Waals surface area contributed by atoms with E-state index < -0.39 is 5.82 Å². The number of anilines is 1. The van der Waals surface area contributed by atoms with Gasteiger partial charge in [-0.25, -0.2) is 4.39 Å². The van der Waals surface area contributed by atoms with Gasteiger partial charge >= 0.3 is 0 Å². The molecule has 0 aliphatic rings. The molecule has 0 radical (unpaired) electrons. The minimum Gasteiger partial charge on any atom is -0.396 e. The molecule has 0 fully saturated rings. The molecule has 0 aromatic heterocycles. The molecule has 0 bridgehead atoms. The van der Waals surface area contributed by atoms with Crippen LogP contribution in [0.5, 0.6) is 0 Å². The van der Waals surface area contributed by atoms with Gasteiger partial charge in [0.1, 0.15) is 5.82 Å². The number of hydrogen-bond acceptors (Lipinski definition) is 2. The lowest BCUT2D eigenvalue weighted by molar-refractivity contribution is 0.632. The third kappa shape index (κ3) is 1.83. The zero-order chi connectivity index (χ0) is 8.97. The van der Waals surface area contributed by atoms with E-state index in [4.69, 9.17) is 11.0 Å². The summed E-state index contributed by atoms with van der Waals surface area (Å²) in [6, 6.07) is 6.21. The average molecular weight is 162 g/mol. The van der Waals surface area contributed by atoms with Gasteiger partial charge in [-0.1, -0.05) is 6.07 Å². The maximum Gasteiger partial charge on any atom is 0.146 e. The van der Waals surface area contributed by atoms with Gasteiger partial charge in [0.05, 0.1) is 11.8 Å². The summed E-state index contributed by atoms with van der Waals surface area (Å²) in [5.41, 5.74) is 6.00. The maximum absolute atomic E-state index is 12.8. The zero-order valence-electron chi connectivity index (χ0n) is 6.29.